The Bertz CT molecular complexity index is 810. The second-order valence-corrected chi connectivity index (χ2v) is 4.22. The number of rotatable bonds is 2. The zero-order valence-corrected chi connectivity index (χ0v) is 10.6. The number of nitrogens with one attached hydrogen (secondary N) is 2. The number of anilines is 1. The number of hydrogen-bond donors (Lipinski definition) is 3. The molecule has 0 unspecified atom stereocenters. The second-order valence-electron chi connectivity index (χ2n) is 4.22. The number of fused-ring (bicyclic) bond motifs is 1. The third-order valence-corrected chi connectivity index (χ3v) is 2.82. The maximum atomic E-state index is 11.7. The summed E-state index contributed by atoms with van der Waals surface area (Å²) in [4.78, 5) is 25.4. The minimum atomic E-state index is -0.333. The Hall–Kier alpha value is -2.64. The molecule has 8 nitrogen and oxygen atoms in total. The molecule has 0 saturated carbocycles. The highest BCUT2D eigenvalue weighted by Crippen LogP contribution is 2.19. The van der Waals surface area contributed by atoms with Gasteiger partial charge in [-0.2, -0.15) is 10.1 Å². The Kier molecular flexibility index (Phi) is 2.37. The van der Waals surface area contributed by atoms with Gasteiger partial charge in [0.15, 0.2) is 17.0 Å². The largest absolute Gasteiger partial charge is 0.369 e. The maximum absolute atomic E-state index is 11.7. The van der Waals surface area contributed by atoms with Crippen molar-refractivity contribution < 1.29 is 0 Å². The molecule has 0 amide bonds. The van der Waals surface area contributed by atoms with Crippen LogP contribution in [-0.2, 0) is 6.54 Å². The molecule has 0 aliphatic heterocycles. The average Bonchev–Trinajstić information content (AvgIpc) is 2.91. The molecule has 3 rings (SSSR count). The van der Waals surface area contributed by atoms with Gasteiger partial charge in [0.2, 0.25) is 5.95 Å². The van der Waals surface area contributed by atoms with Crippen molar-refractivity contribution in [2.24, 2.45) is 0 Å². The first-order valence-corrected chi connectivity index (χ1v) is 5.89. The number of imidazole rings is 1. The van der Waals surface area contributed by atoms with Gasteiger partial charge in [-0.05, 0) is 19.9 Å². The summed E-state index contributed by atoms with van der Waals surface area (Å²) in [6, 6.07) is 1.90. The summed E-state index contributed by atoms with van der Waals surface area (Å²) in [5.41, 5.74) is 7.48. The predicted octanol–water partition coefficient (Wildman–Crippen LogP) is 0.420. The van der Waals surface area contributed by atoms with E-state index < -0.39 is 0 Å². The fourth-order valence-electron chi connectivity index (χ4n) is 2.02. The predicted molar refractivity (Wildman–Crippen MR) is 70.6 cm³/mol. The van der Waals surface area contributed by atoms with Crippen LogP contribution in [0.5, 0.6) is 0 Å². The van der Waals surface area contributed by atoms with Crippen molar-refractivity contribution in [3.63, 3.8) is 0 Å². The minimum absolute atomic E-state index is 0.0516. The number of aromatic amines is 2. The first-order valence-electron chi connectivity index (χ1n) is 5.89. The summed E-state index contributed by atoms with van der Waals surface area (Å²) in [5, 5.41) is 4.34. The molecule has 0 aliphatic carbocycles. The lowest BCUT2D eigenvalue weighted by Crippen LogP contribution is -2.10. The highest BCUT2D eigenvalue weighted by Gasteiger charge is 2.14. The van der Waals surface area contributed by atoms with Crippen LogP contribution < -0.4 is 11.3 Å². The van der Waals surface area contributed by atoms with Gasteiger partial charge in [-0.15, -0.1) is 0 Å². The lowest BCUT2D eigenvalue weighted by Gasteiger charge is -1.99. The molecule has 0 aromatic carbocycles. The number of hydrogen-bond acceptors (Lipinski definition) is 5. The smallest absolute Gasteiger partial charge is 0.278 e. The number of nitrogen functional groups attached to an aromatic ring is 1. The van der Waals surface area contributed by atoms with Gasteiger partial charge in [-0.25, -0.2) is 4.98 Å². The fourth-order valence-corrected chi connectivity index (χ4v) is 2.02. The first-order chi connectivity index (χ1) is 9.08. The first kappa shape index (κ1) is 11.5. The Labute approximate surface area is 107 Å². The molecular formula is C11H13N7O. The SMILES string of the molecule is CCn1nc(C)cc1-c1nc2nc(N)[nH]c(=O)c2[nH]1. The van der Waals surface area contributed by atoms with Gasteiger partial charge < -0.3 is 10.7 Å². The van der Waals surface area contributed by atoms with Gasteiger partial charge in [-0.3, -0.25) is 14.5 Å². The minimum Gasteiger partial charge on any atom is -0.369 e. The molecule has 3 aromatic heterocycles. The molecular weight excluding hydrogens is 246 g/mol. The van der Waals surface area contributed by atoms with E-state index in [0.717, 1.165) is 11.4 Å². The molecule has 98 valence electrons. The van der Waals surface area contributed by atoms with Gasteiger partial charge >= 0.3 is 0 Å². The third-order valence-electron chi connectivity index (χ3n) is 2.82. The topological polar surface area (TPSA) is 118 Å². The van der Waals surface area contributed by atoms with Crippen molar-refractivity contribution in [1.29, 1.82) is 0 Å². The highest BCUT2D eigenvalue weighted by atomic mass is 16.1. The Morgan fingerprint density at radius 1 is 1.37 bits per heavy atom. The molecule has 19 heavy (non-hydrogen) atoms. The van der Waals surface area contributed by atoms with E-state index in [0.29, 0.717) is 23.5 Å². The maximum Gasteiger partial charge on any atom is 0.278 e. The van der Waals surface area contributed by atoms with Crippen LogP contribution in [0.4, 0.5) is 5.95 Å². The van der Waals surface area contributed by atoms with Gasteiger partial charge in [-0.1, -0.05) is 0 Å². The molecule has 0 spiro atoms. The quantitative estimate of drug-likeness (QED) is 0.616. The van der Waals surface area contributed by atoms with E-state index in [4.69, 9.17) is 5.73 Å². The van der Waals surface area contributed by atoms with E-state index in [-0.39, 0.29) is 11.5 Å². The van der Waals surface area contributed by atoms with Crippen LogP contribution in [0, 0.1) is 6.92 Å². The van der Waals surface area contributed by atoms with Crippen LogP contribution in [0.2, 0.25) is 0 Å². The van der Waals surface area contributed by atoms with Crippen molar-refractivity contribution in [1.82, 2.24) is 29.7 Å². The van der Waals surface area contributed by atoms with E-state index in [1.165, 1.54) is 0 Å². The number of aryl methyl sites for hydroxylation is 2. The van der Waals surface area contributed by atoms with Crippen LogP contribution in [0.25, 0.3) is 22.7 Å². The molecule has 3 heterocycles. The van der Waals surface area contributed by atoms with Crippen molar-refractivity contribution in [2.75, 3.05) is 5.73 Å². The normalized spacial score (nSPS) is 11.3. The van der Waals surface area contributed by atoms with Crippen LogP contribution in [0.1, 0.15) is 12.6 Å². The molecule has 8 heteroatoms. The lowest BCUT2D eigenvalue weighted by molar-refractivity contribution is 0.658. The molecule has 0 bridgehead atoms. The van der Waals surface area contributed by atoms with E-state index in [1.807, 2.05) is 24.6 Å². The van der Waals surface area contributed by atoms with Crippen LogP contribution in [0.3, 0.4) is 0 Å². The summed E-state index contributed by atoms with van der Waals surface area (Å²) in [5.74, 6) is 0.608. The van der Waals surface area contributed by atoms with Crippen LogP contribution in [-0.4, -0.2) is 29.7 Å². The van der Waals surface area contributed by atoms with Gasteiger partial charge in [0, 0.05) is 6.54 Å². The zero-order valence-electron chi connectivity index (χ0n) is 10.6. The Balaban J connectivity index is 2.26. The molecule has 0 atom stereocenters. The summed E-state index contributed by atoms with van der Waals surface area (Å²) in [6.07, 6.45) is 0. The summed E-state index contributed by atoms with van der Waals surface area (Å²) in [7, 11) is 0. The zero-order chi connectivity index (χ0) is 13.6. The Morgan fingerprint density at radius 2 is 2.16 bits per heavy atom. The molecule has 3 aromatic rings. The molecule has 4 N–H and O–H groups in total. The van der Waals surface area contributed by atoms with Crippen molar-refractivity contribution in [3.05, 3.63) is 22.1 Å². The molecule has 0 aliphatic rings. The molecule has 0 saturated heterocycles. The lowest BCUT2D eigenvalue weighted by atomic mass is 10.3. The summed E-state index contributed by atoms with van der Waals surface area (Å²) < 4.78 is 1.81. The number of nitrogens with zero attached hydrogens (tertiary/aromatic N) is 4. The molecule has 0 fully saturated rings. The van der Waals surface area contributed by atoms with Crippen LogP contribution >= 0.6 is 0 Å². The monoisotopic (exact) mass is 259 g/mol. The van der Waals surface area contributed by atoms with Gasteiger partial charge in [0.25, 0.3) is 5.56 Å². The van der Waals surface area contributed by atoms with E-state index >= 15 is 0 Å². The third kappa shape index (κ3) is 1.77. The number of nitrogens with two attached hydrogens (primary N) is 1. The van der Waals surface area contributed by atoms with E-state index in [2.05, 4.69) is 25.0 Å². The van der Waals surface area contributed by atoms with Crippen LogP contribution in [0.15, 0.2) is 10.9 Å². The number of aromatic nitrogens is 6. The highest BCUT2D eigenvalue weighted by molar-refractivity contribution is 5.75. The van der Waals surface area contributed by atoms with Crippen molar-refractivity contribution in [2.45, 2.75) is 20.4 Å². The van der Waals surface area contributed by atoms with Crippen molar-refractivity contribution >= 4 is 17.1 Å². The summed E-state index contributed by atoms with van der Waals surface area (Å²) >= 11 is 0. The average molecular weight is 259 g/mol. The van der Waals surface area contributed by atoms with Crippen molar-refractivity contribution in [3.8, 4) is 11.5 Å². The molecule has 0 radical (unpaired) electrons. The standard InChI is InChI=1S/C11H13N7O/c1-3-18-6(4-5(2)17-18)8-13-7-9(14-8)15-11(12)16-10(7)19/h4H,3H2,1-2H3,(H4,12,13,14,15,16,19). The Morgan fingerprint density at radius 3 is 2.89 bits per heavy atom. The van der Waals surface area contributed by atoms with Gasteiger partial charge in [0.1, 0.15) is 5.69 Å². The second kappa shape index (κ2) is 3.94. The fraction of sp³-hybridized carbons (Fsp3) is 0.273. The summed E-state index contributed by atoms with van der Waals surface area (Å²) in [6.45, 7) is 4.61. The van der Waals surface area contributed by atoms with Gasteiger partial charge in [0.05, 0.1) is 5.69 Å². The number of H-pyrrole nitrogens is 2. The van der Waals surface area contributed by atoms with E-state index in [1.54, 1.807) is 0 Å². The van der Waals surface area contributed by atoms with E-state index in [9.17, 15) is 4.79 Å².